The average Bonchev–Trinajstić information content (AvgIpc) is 2.46. The summed E-state index contributed by atoms with van der Waals surface area (Å²) < 4.78 is 0. The van der Waals surface area contributed by atoms with Crippen LogP contribution in [-0.2, 0) is 0 Å². The van der Waals surface area contributed by atoms with E-state index in [1.807, 2.05) is 19.9 Å². The Labute approximate surface area is 139 Å². The summed E-state index contributed by atoms with van der Waals surface area (Å²) in [7, 11) is 0. The lowest BCUT2D eigenvalue weighted by Gasteiger charge is -2.12. The fraction of sp³-hybridized carbons (Fsp3) is 0.118. The molecule has 0 aliphatic carbocycles. The van der Waals surface area contributed by atoms with Crippen molar-refractivity contribution in [2.45, 2.75) is 13.8 Å². The van der Waals surface area contributed by atoms with Crippen molar-refractivity contribution in [1.29, 1.82) is 0 Å². The van der Waals surface area contributed by atoms with E-state index in [1.165, 1.54) is 0 Å². The molecule has 2 aromatic carbocycles. The van der Waals surface area contributed by atoms with Gasteiger partial charge in [-0.15, -0.1) is 0 Å². The summed E-state index contributed by atoms with van der Waals surface area (Å²) in [5, 5.41) is 5.51. The standard InChI is InChI=1S/C17H17N3O2S/c1-10-7-11(2)9-12(8-10)16(22)20-17(23)19-14-6-4-3-5-13(14)15(18)21/h3-9H,1-2H3,(H2,18,21)(H2,19,20,22,23). The fourth-order valence-corrected chi connectivity index (χ4v) is 2.44. The molecule has 2 aromatic rings. The van der Waals surface area contributed by atoms with Crippen LogP contribution in [0.4, 0.5) is 5.69 Å². The zero-order valence-electron chi connectivity index (χ0n) is 12.8. The Kier molecular flexibility index (Phi) is 5.08. The molecule has 4 N–H and O–H groups in total. The summed E-state index contributed by atoms with van der Waals surface area (Å²) >= 11 is 5.13. The highest BCUT2D eigenvalue weighted by Gasteiger charge is 2.12. The van der Waals surface area contributed by atoms with Gasteiger partial charge >= 0.3 is 0 Å². The predicted molar refractivity (Wildman–Crippen MR) is 94.6 cm³/mol. The largest absolute Gasteiger partial charge is 0.366 e. The molecule has 2 amide bonds. The van der Waals surface area contributed by atoms with Crippen molar-refractivity contribution in [3.63, 3.8) is 0 Å². The van der Waals surface area contributed by atoms with Crippen LogP contribution in [-0.4, -0.2) is 16.9 Å². The third-order valence-corrected chi connectivity index (χ3v) is 3.36. The van der Waals surface area contributed by atoms with Crippen LogP contribution in [0.5, 0.6) is 0 Å². The first-order valence-corrected chi connectivity index (χ1v) is 7.37. The molecule has 0 radical (unpaired) electrons. The van der Waals surface area contributed by atoms with Crippen LogP contribution in [0.3, 0.4) is 0 Å². The van der Waals surface area contributed by atoms with Gasteiger partial charge in [-0.2, -0.15) is 0 Å². The van der Waals surface area contributed by atoms with Crippen LogP contribution in [0, 0.1) is 13.8 Å². The van der Waals surface area contributed by atoms with Crippen LogP contribution in [0.2, 0.25) is 0 Å². The topological polar surface area (TPSA) is 84.2 Å². The van der Waals surface area contributed by atoms with Gasteiger partial charge in [0.1, 0.15) is 0 Å². The molecule has 0 aliphatic heterocycles. The summed E-state index contributed by atoms with van der Waals surface area (Å²) in [6.07, 6.45) is 0. The van der Waals surface area contributed by atoms with Gasteiger partial charge in [0.2, 0.25) is 0 Å². The third-order valence-electron chi connectivity index (χ3n) is 3.15. The van der Waals surface area contributed by atoms with Gasteiger partial charge in [-0.1, -0.05) is 29.3 Å². The minimum Gasteiger partial charge on any atom is -0.366 e. The van der Waals surface area contributed by atoms with Crippen LogP contribution in [0.1, 0.15) is 31.8 Å². The number of rotatable bonds is 3. The zero-order chi connectivity index (χ0) is 17.0. The van der Waals surface area contributed by atoms with Gasteiger partial charge in [0.05, 0.1) is 11.3 Å². The fourth-order valence-electron chi connectivity index (χ4n) is 2.24. The third kappa shape index (κ3) is 4.37. The highest BCUT2D eigenvalue weighted by atomic mass is 32.1. The molecule has 0 atom stereocenters. The number of primary amides is 1. The molecule has 0 unspecified atom stereocenters. The second-order valence-corrected chi connectivity index (χ2v) is 5.60. The van der Waals surface area contributed by atoms with Gasteiger partial charge < -0.3 is 11.1 Å². The molecule has 0 spiro atoms. The lowest BCUT2D eigenvalue weighted by Crippen LogP contribution is -2.34. The van der Waals surface area contributed by atoms with Crippen molar-refractivity contribution in [2.24, 2.45) is 5.73 Å². The number of amides is 2. The van der Waals surface area contributed by atoms with E-state index in [1.54, 1.807) is 36.4 Å². The normalized spacial score (nSPS) is 10.0. The van der Waals surface area contributed by atoms with Gasteiger partial charge in [0.25, 0.3) is 11.8 Å². The zero-order valence-corrected chi connectivity index (χ0v) is 13.7. The minimum absolute atomic E-state index is 0.0999. The number of thiocarbonyl (C=S) groups is 1. The Balaban J connectivity index is 2.11. The average molecular weight is 327 g/mol. The van der Waals surface area contributed by atoms with Gasteiger partial charge in [-0.05, 0) is 50.3 Å². The van der Waals surface area contributed by atoms with Gasteiger partial charge in [0.15, 0.2) is 5.11 Å². The smallest absolute Gasteiger partial charge is 0.257 e. The molecule has 0 fully saturated rings. The Morgan fingerprint density at radius 3 is 2.26 bits per heavy atom. The highest BCUT2D eigenvalue weighted by molar-refractivity contribution is 7.80. The Morgan fingerprint density at radius 2 is 1.65 bits per heavy atom. The molecule has 2 rings (SSSR count). The number of hydrogen-bond acceptors (Lipinski definition) is 3. The second kappa shape index (κ2) is 7.02. The summed E-state index contributed by atoms with van der Waals surface area (Å²) in [6.45, 7) is 3.84. The van der Waals surface area contributed by atoms with Crippen LogP contribution in [0.25, 0.3) is 0 Å². The number of carbonyl (C=O) groups is 2. The molecule has 23 heavy (non-hydrogen) atoms. The summed E-state index contributed by atoms with van der Waals surface area (Å²) in [4.78, 5) is 23.6. The van der Waals surface area contributed by atoms with Crippen molar-refractivity contribution in [3.05, 3.63) is 64.7 Å². The number of anilines is 1. The lowest BCUT2D eigenvalue weighted by atomic mass is 10.1. The van der Waals surface area contributed by atoms with Gasteiger partial charge in [-0.3, -0.25) is 14.9 Å². The number of nitrogens with one attached hydrogen (secondary N) is 2. The van der Waals surface area contributed by atoms with E-state index in [0.29, 0.717) is 16.8 Å². The quantitative estimate of drug-likeness (QED) is 0.756. The molecule has 118 valence electrons. The van der Waals surface area contributed by atoms with Crippen molar-refractivity contribution in [1.82, 2.24) is 5.32 Å². The SMILES string of the molecule is Cc1cc(C)cc(C(=O)NC(=S)Nc2ccccc2C(N)=O)c1. The number of aryl methyl sites for hydroxylation is 2. The van der Waals surface area contributed by atoms with Crippen LogP contribution >= 0.6 is 12.2 Å². The van der Waals surface area contributed by atoms with Gasteiger partial charge in [0, 0.05) is 5.56 Å². The summed E-state index contributed by atoms with van der Waals surface area (Å²) in [5.74, 6) is -0.887. The number of benzene rings is 2. The molecule has 5 nitrogen and oxygen atoms in total. The minimum atomic E-state index is -0.573. The molecule has 6 heteroatoms. The van der Waals surface area contributed by atoms with E-state index >= 15 is 0 Å². The van der Waals surface area contributed by atoms with E-state index in [9.17, 15) is 9.59 Å². The van der Waals surface area contributed by atoms with Crippen molar-refractivity contribution in [2.75, 3.05) is 5.32 Å². The maximum absolute atomic E-state index is 12.2. The van der Waals surface area contributed by atoms with E-state index in [4.69, 9.17) is 18.0 Å². The Hall–Kier alpha value is -2.73. The predicted octanol–water partition coefficient (Wildman–Crippen LogP) is 2.53. The number of hydrogen-bond donors (Lipinski definition) is 3. The van der Waals surface area contributed by atoms with E-state index < -0.39 is 5.91 Å². The molecule has 0 saturated heterocycles. The maximum Gasteiger partial charge on any atom is 0.257 e. The Bertz CT molecular complexity index is 767. The van der Waals surface area contributed by atoms with Crippen molar-refractivity contribution >= 4 is 34.8 Å². The first kappa shape index (κ1) is 16.6. The molecule has 0 aliphatic rings. The van der Waals surface area contributed by atoms with Crippen LogP contribution < -0.4 is 16.4 Å². The molecule has 0 bridgehead atoms. The molecule has 0 heterocycles. The van der Waals surface area contributed by atoms with Gasteiger partial charge in [-0.25, -0.2) is 0 Å². The first-order chi connectivity index (χ1) is 10.9. The number of para-hydroxylation sites is 1. The molecular formula is C17H17N3O2S. The van der Waals surface area contributed by atoms with E-state index in [0.717, 1.165) is 11.1 Å². The summed E-state index contributed by atoms with van der Waals surface area (Å²) in [5.41, 5.74) is 8.57. The molecule has 0 aromatic heterocycles. The van der Waals surface area contributed by atoms with E-state index in [-0.39, 0.29) is 11.0 Å². The van der Waals surface area contributed by atoms with E-state index in [2.05, 4.69) is 10.6 Å². The highest BCUT2D eigenvalue weighted by Crippen LogP contribution is 2.14. The molecular weight excluding hydrogens is 310 g/mol. The van der Waals surface area contributed by atoms with Crippen molar-refractivity contribution < 1.29 is 9.59 Å². The van der Waals surface area contributed by atoms with Crippen LogP contribution in [0.15, 0.2) is 42.5 Å². The lowest BCUT2D eigenvalue weighted by molar-refractivity contribution is 0.0975. The maximum atomic E-state index is 12.2. The van der Waals surface area contributed by atoms with Crippen molar-refractivity contribution in [3.8, 4) is 0 Å². The molecule has 0 saturated carbocycles. The monoisotopic (exact) mass is 327 g/mol. The number of nitrogens with two attached hydrogens (primary N) is 1. The second-order valence-electron chi connectivity index (χ2n) is 5.19. The number of carbonyl (C=O) groups excluding carboxylic acids is 2. The first-order valence-electron chi connectivity index (χ1n) is 6.96. The summed E-state index contributed by atoms with van der Waals surface area (Å²) in [6, 6.07) is 12.2. The Morgan fingerprint density at radius 1 is 1.04 bits per heavy atom.